The summed E-state index contributed by atoms with van der Waals surface area (Å²) >= 11 is 0. The van der Waals surface area contributed by atoms with Gasteiger partial charge in [-0.2, -0.15) is 0 Å². The number of aromatic nitrogens is 2. The van der Waals surface area contributed by atoms with Gasteiger partial charge in [0.2, 0.25) is 23.6 Å². The van der Waals surface area contributed by atoms with E-state index in [1.54, 1.807) is 13.8 Å². The standard InChI is InChI=1S/C17H27N7O6/c1-8(2)14(17(29)30)24-16(28)11(4-12(19)25)23-13(26)6-21-15(27)10(18)3-9-5-20-7-22-9/h5,7-8,10-11,14H,3-4,6,18H2,1-2H3,(H2,19,25)(H,20,22)(H,21,27)(H,23,26)(H,24,28)(H,29,30). The molecule has 0 spiro atoms. The van der Waals surface area contributed by atoms with Gasteiger partial charge in [-0.15, -0.1) is 0 Å². The molecule has 166 valence electrons. The van der Waals surface area contributed by atoms with Crippen LogP contribution in [0, 0.1) is 5.92 Å². The zero-order valence-electron chi connectivity index (χ0n) is 16.7. The molecule has 0 aliphatic carbocycles. The number of nitrogens with two attached hydrogens (primary N) is 2. The van der Waals surface area contributed by atoms with Crippen LogP contribution in [0.1, 0.15) is 26.0 Å². The number of carbonyl (C=O) groups excluding carboxylic acids is 4. The first kappa shape index (κ1) is 24.6. The third kappa shape index (κ3) is 8.26. The first-order valence-electron chi connectivity index (χ1n) is 9.12. The van der Waals surface area contributed by atoms with E-state index in [0.717, 1.165) is 0 Å². The van der Waals surface area contributed by atoms with Crippen LogP contribution in [0.4, 0.5) is 0 Å². The van der Waals surface area contributed by atoms with E-state index >= 15 is 0 Å². The zero-order chi connectivity index (χ0) is 22.8. The summed E-state index contributed by atoms with van der Waals surface area (Å²) in [7, 11) is 0. The smallest absolute Gasteiger partial charge is 0.326 e. The van der Waals surface area contributed by atoms with Crippen LogP contribution in [0.3, 0.4) is 0 Å². The predicted molar refractivity (Wildman–Crippen MR) is 103 cm³/mol. The van der Waals surface area contributed by atoms with Crippen molar-refractivity contribution in [1.29, 1.82) is 0 Å². The fourth-order valence-corrected chi connectivity index (χ4v) is 2.45. The first-order valence-corrected chi connectivity index (χ1v) is 9.12. The van der Waals surface area contributed by atoms with Gasteiger partial charge in [-0.25, -0.2) is 9.78 Å². The van der Waals surface area contributed by atoms with E-state index < -0.39 is 66.6 Å². The van der Waals surface area contributed by atoms with Crippen LogP contribution in [-0.2, 0) is 30.4 Å². The molecule has 0 bridgehead atoms. The Morgan fingerprint density at radius 2 is 1.83 bits per heavy atom. The second-order valence-electron chi connectivity index (χ2n) is 6.96. The lowest BCUT2D eigenvalue weighted by Gasteiger charge is -2.22. The molecule has 4 amide bonds. The maximum Gasteiger partial charge on any atom is 0.326 e. The molecular weight excluding hydrogens is 398 g/mol. The Labute approximate surface area is 172 Å². The number of hydrogen-bond donors (Lipinski definition) is 7. The highest BCUT2D eigenvalue weighted by Gasteiger charge is 2.29. The van der Waals surface area contributed by atoms with E-state index in [1.807, 2.05) is 0 Å². The summed E-state index contributed by atoms with van der Waals surface area (Å²) in [6, 6.07) is -3.55. The highest BCUT2D eigenvalue weighted by molar-refractivity contribution is 5.95. The molecule has 0 saturated heterocycles. The molecule has 13 heteroatoms. The molecule has 0 aliphatic rings. The number of imidazole rings is 1. The van der Waals surface area contributed by atoms with Crippen molar-refractivity contribution in [2.75, 3.05) is 6.54 Å². The summed E-state index contributed by atoms with van der Waals surface area (Å²) in [5.41, 5.74) is 11.5. The quantitative estimate of drug-likeness (QED) is 0.182. The van der Waals surface area contributed by atoms with E-state index in [2.05, 4.69) is 25.9 Å². The van der Waals surface area contributed by atoms with E-state index in [4.69, 9.17) is 16.6 Å². The number of carboxylic acid groups (broad SMARTS) is 1. The zero-order valence-corrected chi connectivity index (χ0v) is 16.7. The molecule has 0 aliphatic heterocycles. The van der Waals surface area contributed by atoms with Crippen LogP contribution in [0.2, 0.25) is 0 Å². The Morgan fingerprint density at radius 3 is 2.33 bits per heavy atom. The van der Waals surface area contributed by atoms with Crippen molar-refractivity contribution >= 4 is 29.6 Å². The van der Waals surface area contributed by atoms with E-state index in [9.17, 15) is 24.0 Å². The van der Waals surface area contributed by atoms with Crippen LogP contribution in [0.5, 0.6) is 0 Å². The minimum Gasteiger partial charge on any atom is -0.480 e. The second kappa shape index (κ2) is 11.5. The summed E-state index contributed by atoms with van der Waals surface area (Å²) in [4.78, 5) is 65.5. The number of aromatic amines is 1. The van der Waals surface area contributed by atoms with Crippen molar-refractivity contribution in [2.24, 2.45) is 17.4 Å². The molecule has 1 heterocycles. The molecule has 0 saturated carbocycles. The number of nitrogens with one attached hydrogen (secondary N) is 4. The number of nitrogens with zero attached hydrogens (tertiary/aromatic N) is 1. The molecule has 30 heavy (non-hydrogen) atoms. The van der Waals surface area contributed by atoms with Crippen LogP contribution in [0.25, 0.3) is 0 Å². The predicted octanol–water partition coefficient (Wildman–Crippen LogP) is -3.02. The number of H-pyrrole nitrogens is 1. The van der Waals surface area contributed by atoms with Gasteiger partial charge in [-0.3, -0.25) is 19.2 Å². The number of primary amides is 1. The molecule has 0 aromatic carbocycles. The molecule has 1 aromatic rings. The summed E-state index contributed by atoms with van der Waals surface area (Å²) in [6.45, 7) is 2.66. The Kier molecular flexibility index (Phi) is 9.42. The van der Waals surface area contributed by atoms with Gasteiger partial charge < -0.3 is 37.5 Å². The lowest BCUT2D eigenvalue weighted by molar-refractivity contribution is -0.143. The van der Waals surface area contributed by atoms with Crippen molar-refractivity contribution < 1.29 is 29.1 Å². The number of amides is 4. The maximum absolute atomic E-state index is 12.3. The van der Waals surface area contributed by atoms with Gasteiger partial charge in [0.15, 0.2) is 0 Å². The minimum atomic E-state index is -1.40. The molecular formula is C17H27N7O6. The number of carbonyl (C=O) groups is 5. The van der Waals surface area contributed by atoms with Crippen molar-refractivity contribution in [2.45, 2.75) is 44.8 Å². The fourth-order valence-electron chi connectivity index (χ4n) is 2.45. The molecule has 0 radical (unpaired) electrons. The summed E-state index contributed by atoms with van der Waals surface area (Å²) in [5.74, 6) is -4.85. The van der Waals surface area contributed by atoms with Gasteiger partial charge in [0, 0.05) is 18.3 Å². The largest absolute Gasteiger partial charge is 0.480 e. The normalized spacial score (nSPS) is 13.7. The summed E-state index contributed by atoms with van der Waals surface area (Å²) in [6.07, 6.45) is 2.57. The van der Waals surface area contributed by atoms with E-state index in [1.165, 1.54) is 12.5 Å². The molecule has 1 rings (SSSR count). The average molecular weight is 425 g/mol. The molecule has 3 atom stereocenters. The maximum atomic E-state index is 12.3. The number of aliphatic carboxylic acids is 1. The van der Waals surface area contributed by atoms with Crippen LogP contribution in [-0.4, -0.2) is 69.3 Å². The molecule has 3 unspecified atom stereocenters. The number of carboxylic acids is 1. The third-order valence-corrected chi connectivity index (χ3v) is 4.04. The van der Waals surface area contributed by atoms with Gasteiger partial charge in [-0.05, 0) is 5.92 Å². The van der Waals surface area contributed by atoms with Gasteiger partial charge >= 0.3 is 5.97 Å². The Balaban J connectivity index is 2.63. The Hall–Kier alpha value is -3.48. The molecule has 9 N–H and O–H groups in total. The van der Waals surface area contributed by atoms with Gasteiger partial charge in [0.05, 0.1) is 25.3 Å². The highest BCUT2D eigenvalue weighted by atomic mass is 16.4. The van der Waals surface area contributed by atoms with Gasteiger partial charge in [0.1, 0.15) is 12.1 Å². The average Bonchev–Trinajstić information content (AvgIpc) is 3.15. The molecule has 0 fully saturated rings. The third-order valence-electron chi connectivity index (χ3n) is 4.04. The van der Waals surface area contributed by atoms with Gasteiger partial charge in [0.25, 0.3) is 0 Å². The number of rotatable bonds is 12. The lowest BCUT2D eigenvalue weighted by Crippen LogP contribution is -2.55. The highest BCUT2D eigenvalue weighted by Crippen LogP contribution is 2.03. The van der Waals surface area contributed by atoms with Crippen molar-refractivity contribution in [3.63, 3.8) is 0 Å². The first-order chi connectivity index (χ1) is 14.0. The van der Waals surface area contributed by atoms with Crippen molar-refractivity contribution in [3.8, 4) is 0 Å². The Bertz CT molecular complexity index is 765. The monoisotopic (exact) mass is 425 g/mol. The van der Waals surface area contributed by atoms with Crippen molar-refractivity contribution in [1.82, 2.24) is 25.9 Å². The second-order valence-corrected chi connectivity index (χ2v) is 6.96. The van der Waals surface area contributed by atoms with Crippen molar-refractivity contribution in [3.05, 3.63) is 18.2 Å². The molecule has 13 nitrogen and oxygen atoms in total. The fraction of sp³-hybridized carbons (Fsp3) is 0.529. The minimum absolute atomic E-state index is 0.173. The van der Waals surface area contributed by atoms with Crippen LogP contribution >= 0.6 is 0 Å². The molecule has 1 aromatic heterocycles. The lowest BCUT2D eigenvalue weighted by atomic mass is 10.0. The topological polar surface area (TPSA) is 222 Å². The van der Waals surface area contributed by atoms with E-state index in [-0.39, 0.29) is 6.42 Å². The SMILES string of the molecule is CC(C)C(NC(=O)C(CC(N)=O)NC(=O)CNC(=O)C(N)Cc1cnc[nH]1)C(=O)O. The summed E-state index contributed by atoms with van der Waals surface area (Å²) in [5, 5.41) is 16.0. The van der Waals surface area contributed by atoms with Gasteiger partial charge in [-0.1, -0.05) is 13.8 Å². The van der Waals surface area contributed by atoms with E-state index in [0.29, 0.717) is 5.69 Å². The Morgan fingerprint density at radius 1 is 1.17 bits per heavy atom. The summed E-state index contributed by atoms with van der Waals surface area (Å²) < 4.78 is 0. The number of hydrogen-bond acceptors (Lipinski definition) is 7. The van der Waals surface area contributed by atoms with Crippen LogP contribution in [0.15, 0.2) is 12.5 Å². The van der Waals surface area contributed by atoms with Crippen LogP contribution < -0.4 is 27.4 Å².